The fourth-order valence-electron chi connectivity index (χ4n) is 4.06. The van der Waals surface area contributed by atoms with E-state index in [-0.39, 0.29) is 11.7 Å². The van der Waals surface area contributed by atoms with Gasteiger partial charge in [0.2, 0.25) is 5.89 Å². The Morgan fingerprint density at radius 2 is 2.07 bits per heavy atom. The molecule has 2 aromatic carbocycles. The molecule has 1 aromatic heterocycles. The van der Waals surface area contributed by atoms with Gasteiger partial charge in [0, 0.05) is 17.5 Å². The number of hydrogen-bond acceptors (Lipinski definition) is 4. The minimum absolute atomic E-state index is 0.0756. The van der Waals surface area contributed by atoms with Crippen LogP contribution in [0.5, 0.6) is 0 Å². The summed E-state index contributed by atoms with van der Waals surface area (Å²) < 4.78 is 35.3. The zero-order valence-corrected chi connectivity index (χ0v) is 18.3. The minimum Gasteiger partial charge on any atom is -0.391 e. The van der Waals surface area contributed by atoms with Crippen molar-refractivity contribution in [1.82, 2.24) is 14.5 Å². The third-order valence-corrected chi connectivity index (χ3v) is 7.54. The van der Waals surface area contributed by atoms with E-state index in [4.69, 9.17) is 16.0 Å². The lowest BCUT2D eigenvalue weighted by Crippen LogP contribution is -2.39. The van der Waals surface area contributed by atoms with Crippen LogP contribution in [0.2, 0.25) is 5.02 Å². The van der Waals surface area contributed by atoms with Crippen LogP contribution in [0.15, 0.2) is 44.4 Å². The summed E-state index contributed by atoms with van der Waals surface area (Å²) in [7, 11) is -1.59. The SMILES string of the molecule is Cc1ccc(F)c(C(C)C(c2n[nH]c(=O)o2)N2CCc3ccc(Cl)cc3S2=O)c1C. The molecule has 158 valence electrons. The predicted molar refractivity (Wildman–Crippen MR) is 112 cm³/mol. The van der Waals surface area contributed by atoms with Gasteiger partial charge in [0.1, 0.15) is 22.8 Å². The number of nitrogens with zero attached hydrogens (tertiary/aromatic N) is 2. The van der Waals surface area contributed by atoms with Crippen molar-refractivity contribution in [3.63, 3.8) is 0 Å². The fourth-order valence-corrected chi connectivity index (χ4v) is 5.90. The second-order valence-corrected chi connectivity index (χ2v) is 9.32. The quantitative estimate of drug-likeness (QED) is 0.647. The largest absolute Gasteiger partial charge is 0.434 e. The molecule has 0 fully saturated rings. The molecule has 1 N–H and O–H groups in total. The number of rotatable bonds is 4. The third kappa shape index (κ3) is 3.64. The molecule has 0 saturated heterocycles. The Labute approximate surface area is 180 Å². The molecule has 30 heavy (non-hydrogen) atoms. The van der Waals surface area contributed by atoms with Gasteiger partial charge in [-0.3, -0.25) is 0 Å². The van der Waals surface area contributed by atoms with Crippen LogP contribution in [-0.4, -0.2) is 25.3 Å². The lowest BCUT2D eigenvalue weighted by Gasteiger charge is -2.36. The number of nitrogens with one attached hydrogen (secondary N) is 1. The van der Waals surface area contributed by atoms with Crippen molar-refractivity contribution in [2.45, 2.75) is 44.0 Å². The summed E-state index contributed by atoms with van der Waals surface area (Å²) in [6, 6.07) is 7.75. The molecule has 0 spiro atoms. The molecule has 0 aliphatic carbocycles. The van der Waals surface area contributed by atoms with Gasteiger partial charge < -0.3 is 4.42 Å². The number of aromatic amines is 1. The summed E-state index contributed by atoms with van der Waals surface area (Å²) in [4.78, 5) is 12.3. The van der Waals surface area contributed by atoms with E-state index in [2.05, 4.69) is 10.2 Å². The van der Waals surface area contributed by atoms with E-state index in [1.807, 2.05) is 26.8 Å². The third-order valence-electron chi connectivity index (χ3n) is 5.71. The van der Waals surface area contributed by atoms with Crippen LogP contribution in [0.4, 0.5) is 4.39 Å². The summed E-state index contributed by atoms with van der Waals surface area (Å²) >= 11 is 6.13. The molecule has 0 radical (unpaired) electrons. The number of hydrogen-bond donors (Lipinski definition) is 1. The molecule has 0 saturated carbocycles. The first-order valence-corrected chi connectivity index (χ1v) is 11.0. The van der Waals surface area contributed by atoms with Gasteiger partial charge >= 0.3 is 5.76 Å². The zero-order chi connectivity index (χ0) is 21.6. The van der Waals surface area contributed by atoms with Gasteiger partial charge in [-0.2, -0.15) is 0 Å². The van der Waals surface area contributed by atoms with Crippen LogP contribution in [0.3, 0.4) is 0 Å². The van der Waals surface area contributed by atoms with E-state index in [1.165, 1.54) is 6.07 Å². The highest BCUT2D eigenvalue weighted by Gasteiger charge is 2.39. The zero-order valence-electron chi connectivity index (χ0n) is 16.7. The second-order valence-electron chi connectivity index (χ2n) is 7.48. The standard InChI is InChI=1S/C21H21ClFN3O3S/c1-11-4-7-16(23)18(12(11)2)13(3)19(20-24-25-21(27)29-20)26-9-8-14-5-6-15(22)10-17(14)30(26)28/h4-7,10,13,19H,8-9H2,1-3H3,(H,25,27). The second kappa shape index (κ2) is 8.09. The van der Waals surface area contributed by atoms with Gasteiger partial charge in [-0.05, 0) is 60.7 Å². The first-order chi connectivity index (χ1) is 14.3. The van der Waals surface area contributed by atoms with E-state index in [9.17, 15) is 13.4 Å². The van der Waals surface area contributed by atoms with Crippen molar-refractivity contribution < 1.29 is 13.0 Å². The van der Waals surface area contributed by atoms with Crippen molar-refractivity contribution in [1.29, 1.82) is 0 Å². The summed E-state index contributed by atoms with van der Waals surface area (Å²) in [5.41, 5.74) is 3.18. The molecule has 1 aliphatic heterocycles. The molecule has 3 aromatic rings. The summed E-state index contributed by atoms with van der Waals surface area (Å²) in [5.74, 6) is -1.48. The molecule has 3 unspecified atom stereocenters. The molecule has 9 heteroatoms. The average Bonchev–Trinajstić information content (AvgIpc) is 3.13. The first-order valence-electron chi connectivity index (χ1n) is 9.56. The Hall–Kier alpha value is -2.29. The highest BCUT2D eigenvalue weighted by molar-refractivity contribution is 7.82. The number of H-pyrrole nitrogens is 1. The van der Waals surface area contributed by atoms with Crippen molar-refractivity contribution in [3.05, 3.63) is 79.9 Å². The van der Waals surface area contributed by atoms with Crippen molar-refractivity contribution in [2.24, 2.45) is 0 Å². The van der Waals surface area contributed by atoms with Gasteiger partial charge in [0.25, 0.3) is 0 Å². The lowest BCUT2D eigenvalue weighted by molar-refractivity contribution is 0.247. The molecule has 0 bridgehead atoms. The van der Waals surface area contributed by atoms with E-state index >= 15 is 0 Å². The van der Waals surface area contributed by atoms with Crippen LogP contribution < -0.4 is 5.76 Å². The topological polar surface area (TPSA) is 79.2 Å². The molecule has 2 heterocycles. The number of benzene rings is 2. The van der Waals surface area contributed by atoms with Crippen LogP contribution >= 0.6 is 11.6 Å². The number of halogens is 2. The van der Waals surface area contributed by atoms with Gasteiger partial charge in [-0.15, -0.1) is 5.10 Å². The number of fused-ring (bicyclic) bond motifs is 1. The summed E-state index contributed by atoms with van der Waals surface area (Å²) in [6.45, 7) is 6.02. The monoisotopic (exact) mass is 449 g/mol. The summed E-state index contributed by atoms with van der Waals surface area (Å²) in [5, 5.41) is 6.75. The highest BCUT2D eigenvalue weighted by Crippen LogP contribution is 2.41. The Morgan fingerprint density at radius 3 is 2.77 bits per heavy atom. The normalized spacial score (nSPS) is 18.8. The van der Waals surface area contributed by atoms with Crippen LogP contribution in [-0.2, 0) is 17.4 Å². The fraction of sp³-hybridized carbons (Fsp3) is 0.333. The van der Waals surface area contributed by atoms with E-state index in [0.29, 0.717) is 28.4 Å². The van der Waals surface area contributed by atoms with Crippen LogP contribution in [0.25, 0.3) is 0 Å². The molecule has 1 aliphatic rings. The van der Waals surface area contributed by atoms with Crippen molar-refractivity contribution >= 4 is 22.6 Å². The minimum atomic E-state index is -1.59. The first kappa shape index (κ1) is 21.0. The maximum absolute atomic E-state index is 14.9. The van der Waals surface area contributed by atoms with Crippen LogP contribution in [0.1, 0.15) is 47.0 Å². The molecule has 6 nitrogen and oxygen atoms in total. The molecule has 0 amide bonds. The smallest absolute Gasteiger partial charge is 0.391 e. The lowest BCUT2D eigenvalue weighted by atomic mass is 9.87. The Morgan fingerprint density at radius 1 is 1.30 bits per heavy atom. The Balaban J connectivity index is 1.84. The van der Waals surface area contributed by atoms with Gasteiger partial charge in [0.05, 0.1) is 4.90 Å². The summed E-state index contributed by atoms with van der Waals surface area (Å²) in [6.07, 6.45) is 0.630. The maximum atomic E-state index is 14.9. The average molecular weight is 450 g/mol. The molecule has 3 atom stereocenters. The van der Waals surface area contributed by atoms with Crippen molar-refractivity contribution in [3.8, 4) is 0 Å². The Bertz CT molecular complexity index is 1190. The van der Waals surface area contributed by atoms with E-state index in [1.54, 1.807) is 22.5 Å². The van der Waals surface area contributed by atoms with Gasteiger partial charge in [-0.25, -0.2) is 22.8 Å². The highest BCUT2D eigenvalue weighted by atomic mass is 35.5. The van der Waals surface area contributed by atoms with Crippen molar-refractivity contribution in [2.75, 3.05) is 6.54 Å². The molecular formula is C21H21ClFN3O3S. The number of aromatic nitrogens is 2. The predicted octanol–water partition coefficient (Wildman–Crippen LogP) is 4.20. The maximum Gasteiger partial charge on any atom is 0.434 e. The van der Waals surface area contributed by atoms with Crippen LogP contribution in [0, 0.1) is 19.7 Å². The Kier molecular flexibility index (Phi) is 5.65. The van der Waals surface area contributed by atoms with Gasteiger partial charge in [0.15, 0.2) is 0 Å². The molecule has 4 rings (SSSR count). The molecular weight excluding hydrogens is 429 g/mol. The van der Waals surface area contributed by atoms with E-state index < -0.39 is 28.7 Å². The van der Waals surface area contributed by atoms with Gasteiger partial charge in [-0.1, -0.05) is 30.7 Å². The number of aryl methyl sites for hydroxylation is 1. The van der Waals surface area contributed by atoms with E-state index in [0.717, 1.165) is 16.7 Å².